The van der Waals surface area contributed by atoms with E-state index in [1.807, 2.05) is 31.3 Å². The molecule has 20 heavy (non-hydrogen) atoms. The van der Waals surface area contributed by atoms with Crippen LogP contribution in [0.2, 0.25) is 5.02 Å². The first-order valence-corrected chi connectivity index (χ1v) is 9.92. The number of rotatable bonds is 9. The standard InChI is InChI=1S/C14H22ClNO2S2/c1-3-20(17,18)10-6-7-12(16-2)11-19-14-9-5-4-8-13(14)15/h4-5,8-9,12,16H,3,6-7,10-11H2,1-2H3. The number of sulfone groups is 1. The molecule has 1 rings (SSSR count). The Bertz CT molecular complexity index is 506. The topological polar surface area (TPSA) is 46.2 Å². The number of thioether (sulfide) groups is 1. The van der Waals surface area contributed by atoms with Crippen LogP contribution in [-0.2, 0) is 9.84 Å². The summed E-state index contributed by atoms with van der Waals surface area (Å²) in [6.45, 7) is 1.69. The van der Waals surface area contributed by atoms with E-state index in [4.69, 9.17) is 11.6 Å². The molecule has 1 N–H and O–H groups in total. The van der Waals surface area contributed by atoms with Crippen molar-refractivity contribution in [1.82, 2.24) is 5.32 Å². The van der Waals surface area contributed by atoms with Gasteiger partial charge < -0.3 is 5.32 Å². The summed E-state index contributed by atoms with van der Waals surface area (Å²) >= 11 is 7.81. The third-order valence-corrected chi connectivity index (χ3v) is 6.60. The van der Waals surface area contributed by atoms with Gasteiger partial charge in [0.05, 0.1) is 10.8 Å². The lowest BCUT2D eigenvalue weighted by Crippen LogP contribution is -2.28. The molecule has 3 nitrogen and oxygen atoms in total. The zero-order chi connectivity index (χ0) is 15.0. The van der Waals surface area contributed by atoms with Crippen LogP contribution in [0.5, 0.6) is 0 Å². The Hall–Kier alpha value is -0.230. The minimum Gasteiger partial charge on any atom is -0.316 e. The van der Waals surface area contributed by atoms with Crippen LogP contribution in [0.1, 0.15) is 19.8 Å². The number of benzene rings is 1. The third-order valence-electron chi connectivity index (χ3n) is 3.13. The maximum Gasteiger partial charge on any atom is 0.150 e. The Balaban J connectivity index is 2.39. The zero-order valence-electron chi connectivity index (χ0n) is 11.9. The predicted octanol–water partition coefficient (Wildman–Crippen LogP) is 3.24. The van der Waals surface area contributed by atoms with Crippen molar-refractivity contribution in [3.05, 3.63) is 29.3 Å². The van der Waals surface area contributed by atoms with E-state index in [1.54, 1.807) is 18.7 Å². The molecule has 0 radical (unpaired) electrons. The SMILES string of the molecule is CCS(=O)(=O)CCCC(CSc1ccccc1Cl)NC. The van der Waals surface area contributed by atoms with Gasteiger partial charge in [0.15, 0.2) is 0 Å². The van der Waals surface area contributed by atoms with Gasteiger partial charge in [-0.05, 0) is 32.0 Å². The molecule has 0 amide bonds. The summed E-state index contributed by atoms with van der Waals surface area (Å²) in [4.78, 5) is 1.07. The monoisotopic (exact) mass is 335 g/mol. The Morgan fingerprint density at radius 1 is 1.35 bits per heavy atom. The van der Waals surface area contributed by atoms with Gasteiger partial charge in [0.2, 0.25) is 0 Å². The van der Waals surface area contributed by atoms with Gasteiger partial charge in [0, 0.05) is 22.4 Å². The minimum absolute atomic E-state index is 0.228. The highest BCUT2D eigenvalue weighted by Gasteiger charge is 2.12. The van der Waals surface area contributed by atoms with Crippen LogP contribution in [0, 0.1) is 0 Å². The van der Waals surface area contributed by atoms with Gasteiger partial charge in [-0.15, -0.1) is 11.8 Å². The molecule has 0 fully saturated rings. The Labute approximate surface area is 131 Å². The zero-order valence-corrected chi connectivity index (χ0v) is 14.3. The first-order chi connectivity index (χ1) is 9.48. The summed E-state index contributed by atoms with van der Waals surface area (Å²) in [5, 5.41) is 4.00. The van der Waals surface area contributed by atoms with E-state index in [0.29, 0.717) is 12.5 Å². The molecule has 0 spiro atoms. The molecule has 1 aromatic carbocycles. The molecule has 0 bridgehead atoms. The van der Waals surface area contributed by atoms with Crippen molar-refractivity contribution >= 4 is 33.2 Å². The first kappa shape index (κ1) is 17.8. The Kier molecular flexibility index (Phi) is 7.95. The molecule has 1 aromatic rings. The van der Waals surface area contributed by atoms with Crippen molar-refractivity contribution in [1.29, 1.82) is 0 Å². The van der Waals surface area contributed by atoms with E-state index in [0.717, 1.165) is 22.1 Å². The molecular formula is C14H22ClNO2S2. The average molecular weight is 336 g/mol. The van der Waals surface area contributed by atoms with Crippen molar-refractivity contribution in [3.8, 4) is 0 Å². The summed E-state index contributed by atoms with van der Waals surface area (Å²) in [7, 11) is -0.944. The van der Waals surface area contributed by atoms with Crippen LogP contribution >= 0.6 is 23.4 Å². The highest BCUT2D eigenvalue weighted by atomic mass is 35.5. The molecule has 6 heteroatoms. The molecule has 0 aliphatic rings. The summed E-state index contributed by atoms with van der Waals surface area (Å²) in [6.07, 6.45) is 1.55. The molecule has 0 aliphatic heterocycles. The van der Waals surface area contributed by atoms with Crippen LogP contribution < -0.4 is 5.32 Å². The van der Waals surface area contributed by atoms with Gasteiger partial charge in [-0.3, -0.25) is 0 Å². The number of nitrogens with one attached hydrogen (secondary N) is 1. The fourth-order valence-corrected chi connectivity index (χ4v) is 4.05. The summed E-state index contributed by atoms with van der Waals surface area (Å²) in [6, 6.07) is 8.06. The number of hydrogen-bond acceptors (Lipinski definition) is 4. The van der Waals surface area contributed by atoms with E-state index in [2.05, 4.69) is 5.32 Å². The van der Waals surface area contributed by atoms with E-state index in [9.17, 15) is 8.42 Å². The van der Waals surface area contributed by atoms with Crippen LogP contribution in [-0.4, -0.2) is 38.8 Å². The molecule has 1 unspecified atom stereocenters. The lowest BCUT2D eigenvalue weighted by molar-refractivity contribution is 0.554. The summed E-state index contributed by atoms with van der Waals surface area (Å²) in [5.41, 5.74) is 0. The predicted molar refractivity (Wildman–Crippen MR) is 88.6 cm³/mol. The average Bonchev–Trinajstić information content (AvgIpc) is 2.44. The maximum atomic E-state index is 11.5. The van der Waals surface area contributed by atoms with Crippen LogP contribution in [0.15, 0.2) is 29.2 Å². The molecule has 114 valence electrons. The maximum absolute atomic E-state index is 11.5. The Morgan fingerprint density at radius 3 is 2.65 bits per heavy atom. The fraction of sp³-hybridized carbons (Fsp3) is 0.571. The van der Waals surface area contributed by atoms with Gasteiger partial charge in [-0.25, -0.2) is 8.42 Å². The largest absolute Gasteiger partial charge is 0.316 e. The fourth-order valence-electron chi connectivity index (χ4n) is 1.76. The van der Waals surface area contributed by atoms with Crippen molar-refractivity contribution in [2.75, 3.05) is 24.3 Å². The second-order valence-electron chi connectivity index (χ2n) is 4.61. The van der Waals surface area contributed by atoms with E-state index in [1.165, 1.54) is 0 Å². The lowest BCUT2D eigenvalue weighted by atomic mass is 10.2. The second-order valence-corrected chi connectivity index (χ2v) is 8.55. The first-order valence-electron chi connectivity index (χ1n) is 6.73. The van der Waals surface area contributed by atoms with Gasteiger partial charge in [0.25, 0.3) is 0 Å². The molecule has 0 saturated heterocycles. The highest BCUT2D eigenvalue weighted by Crippen LogP contribution is 2.27. The van der Waals surface area contributed by atoms with Crippen molar-refractivity contribution in [2.45, 2.75) is 30.7 Å². The van der Waals surface area contributed by atoms with Crippen molar-refractivity contribution in [2.24, 2.45) is 0 Å². The van der Waals surface area contributed by atoms with Crippen molar-refractivity contribution in [3.63, 3.8) is 0 Å². The van der Waals surface area contributed by atoms with Crippen LogP contribution in [0.4, 0.5) is 0 Å². The molecular weight excluding hydrogens is 314 g/mol. The molecule has 0 aliphatic carbocycles. The van der Waals surface area contributed by atoms with E-state index < -0.39 is 9.84 Å². The van der Waals surface area contributed by atoms with Crippen LogP contribution in [0.25, 0.3) is 0 Å². The van der Waals surface area contributed by atoms with Gasteiger partial charge in [0.1, 0.15) is 9.84 Å². The minimum atomic E-state index is -2.85. The number of hydrogen-bond donors (Lipinski definition) is 1. The summed E-state index contributed by atoms with van der Waals surface area (Å²) in [5.74, 6) is 1.39. The molecule has 0 heterocycles. The van der Waals surface area contributed by atoms with Gasteiger partial charge in [-0.2, -0.15) is 0 Å². The van der Waals surface area contributed by atoms with Gasteiger partial charge in [-0.1, -0.05) is 30.7 Å². The van der Waals surface area contributed by atoms with E-state index in [-0.39, 0.29) is 11.5 Å². The highest BCUT2D eigenvalue weighted by molar-refractivity contribution is 7.99. The second kappa shape index (κ2) is 8.93. The van der Waals surface area contributed by atoms with Crippen molar-refractivity contribution < 1.29 is 8.42 Å². The van der Waals surface area contributed by atoms with Gasteiger partial charge >= 0.3 is 0 Å². The third kappa shape index (κ3) is 6.48. The van der Waals surface area contributed by atoms with Crippen LogP contribution in [0.3, 0.4) is 0 Å². The summed E-state index contributed by atoms with van der Waals surface area (Å²) < 4.78 is 22.9. The normalized spacial score (nSPS) is 13.3. The van der Waals surface area contributed by atoms with E-state index >= 15 is 0 Å². The Morgan fingerprint density at radius 2 is 2.05 bits per heavy atom. The lowest BCUT2D eigenvalue weighted by Gasteiger charge is -2.16. The number of halogens is 1. The molecule has 1 atom stereocenters. The quantitative estimate of drug-likeness (QED) is 0.704. The molecule has 0 saturated carbocycles. The molecule has 0 aromatic heterocycles. The smallest absolute Gasteiger partial charge is 0.150 e.